The Morgan fingerprint density at radius 2 is 1.71 bits per heavy atom. The van der Waals surface area contributed by atoms with E-state index in [0.717, 1.165) is 5.56 Å². The van der Waals surface area contributed by atoms with Crippen molar-refractivity contribution in [2.24, 2.45) is 5.92 Å². The maximum absolute atomic E-state index is 12.5. The van der Waals surface area contributed by atoms with Gasteiger partial charge in [0.25, 0.3) is 5.91 Å². The minimum atomic E-state index is -0.410. The highest BCUT2D eigenvalue weighted by Crippen LogP contribution is 2.27. The maximum atomic E-state index is 12.5. The molecule has 9 heteroatoms. The minimum Gasteiger partial charge on any atom is -0.484 e. The summed E-state index contributed by atoms with van der Waals surface area (Å²) in [6.07, 6.45) is 0.160. The third-order valence-corrected chi connectivity index (χ3v) is 6.27. The largest absolute Gasteiger partial charge is 0.484 e. The smallest absolute Gasteiger partial charge is 0.262 e. The van der Waals surface area contributed by atoms with Gasteiger partial charge >= 0.3 is 0 Å². The zero-order valence-corrected chi connectivity index (χ0v) is 20.2. The number of carbonyl (C=O) groups is 3. The first-order chi connectivity index (χ1) is 16.9. The summed E-state index contributed by atoms with van der Waals surface area (Å²) in [4.78, 5) is 38.8. The van der Waals surface area contributed by atoms with Gasteiger partial charge in [-0.3, -0.25) is 14.4 Å². The van der Waals surface area contributed by atoms with Crippen LogP contribution in [0, 0.1) is 5.92 Å². The van der Waals surface area contributed by atoms with Gasteiger partial charge in [0.2, 0.25) is 11.8 Å². The lowest BCUT2D eigenvalue weighted by Gasteiger charge is -2.17. The van der Waals surface area contributed by atoms with Crippen LogP contribution in [0.1, 0.15) is 12.0 Å². The van der Waals surface area contributed by atoms with Gasteiger partial charge in [-0.15, -0.1) is 0 Å². The molecule has 0 bridgehead atoms. The van der Waals surface area contributed by atoms with Gasteiger partial charge in [-0.25, -0.2) is 0 Å². The second-order valence-corrected chi connectivity index (χ2v) is 8.88. The van der Waals surface area contributed by atoms with Crippen molar-refractivity contribution in [3.63, 3.8) is 0 Å². The van der Waals surface area contributed by atoms with Crippen LogP contribution in [0.15, 0.2) is 72.8 Å². The molecule has 0 unspecified atom stereocenters. The molecule has 0 aliphatic carbocycles. The number of benzene rings is 3. The lowest BCUT2D eigenvalue weighted by atomic mass is 10.1. The number of nitrogens with one attached hydrogen (secondary N) is 2. The Bertz CT molecular complexity index is 1220. The number of anilines is 2. The molecule has 3 aromatic rings. The predicted octanol–water partition coefficient (Wildman–Crippen LogP) is 4.68. The molecule has 1 aliphatic rings. The number of rotatable bonds is 8. The lowest BCUT2D eigenvalue weighted by molar-refractivity contribution is -0.126. The van der Waals surface area contributed by atoms with Gasteiger partial charge in [-0.1, -0.05) is 53.5 Å². The van der Waals surface area contributed by atoms with E-state index in [1.807, 2.05) is 30.3 Å². The van der Waals surface area contributed by atoms with Crippen LogP contribution in [-0.2, 0) is 20.9 Å². The van der Waals surface area contributed by atoms with E-state index < -0.39 is 5.92 Å². The molecular formula is C26H23Cl2N3O4. The molecule has 1 saturated heterocycles. The Morgan fingerprint density at radius 3 is 2.43 bits per heavy atom. The highest BCUT2D eigenvalue weighted by molar-refractivity contribution is 6.42. The number of nitrogens with zero attached hydrogens (tertiary/aromatic N) is 1. The normalized spacial score (nSPS) is 15.1. The molecule has 2 N–H and O–H groups in total. The highest BCUT2D eigenvalue weighted by atomic mass is 35.5. The number of amides is 3. The fourth-order valence-electron chi connectivity index (χ4n) is 3.70. The van der Waals surface area contributed by atoms with Gasteiger partial charge < -0.3 is 20.3 Å². The van der Waals surface area contributed by atoms with Crippen LogP contribution in [0.4, 0.5) is 11.4 Å². The fraction of sp³-hybridized carbons (Fsp3) is 0.192. The molecule has 0 saturated carbocycles. The van der Waals surface area contributed by atoms with Crippen molar-refractivity contribution in [2.75, 3.05) is 23.4 Å². The SMILES string of the molecule is O=C(COc1ccc(N2C[C@@H](C(=O)NCc3ccccc3)CC2=O)cc1)Nc1ccc(Cl)c(Cl)c1. The first-order valence-electron chi connectivity index (χ1n) is 11.0. The summed E-state index contributed by atoms with van der Waals surface area (Å²) < 4.78 is 5.53. The van der Waals surface area contributed by atoms with Crippen molar-refractivity contribution < 1.29 is 19.1 Å². The van der Waals surface area contributed by atoms with E-state index in [1.165, 1.54) is 0 Å². The zero-order chi connectivity index (χ0) is 24.8. The number of carbonyl (C=O) groups excluding carboxylic acids is 3. The van der Waals surface area contributed by atoms with E-state index in [0.29, 0.717) is 40.3 Å². The van der Waals surface area contributed by atoms with E-state index >= 15 is 0 Å². The Labute approximate surface area is 213 Å². The molecule has 1 atom stereocenters. The summed E-state index contributed by atoms with van der Waals surface area (Å²) in [6, 6.07) is 21.2. The molecule has 3 amide bonds. The summed E-state index contributed by atoms with van der Waals surface area (Å²) in [7, 11) is 0. The van der Waals surface area contributed by atoms with E-state index in [9.17, 15) is 14.4 Å². The van der Waals surface area contributed by atoms with E-state index in [1.54, 1.807) is 47.4 Å². The minimum absolute atomic E-state index is 0.112. The first-order valence-corrected chi connectivity index (χ1v) is 11.7. The van der Waals surface area contributed by atoms with Crippen molar-refractivity contribution in [3.8, 4) is 5.75 Å². The molecular weight excluding hydrogens is 489 g/mol. The monoisotopic (exact) mass is 511 g/mol. The van der Waals surface area contributed by atoms with E-state index in [2.05, 4.69) is 10.6 Å². The maximum Gasteiger partial charge on any atom is 0.262 e. The van der Waals surface area contributed by atoms with E-state index in [4.69, 9.17) is 27.9 Å². The molecule has 0 spiro atoms. The Balaban J connectivity index is 1.27. The van der Waals surface area contributed by atoms with Crippen LogP contribution < -0.4 is 20.3 Å². The molecule has 1 heterocycles. The van der Waals surface area contributed by atoms with Gasteiger partial charge in [-0.2, -0.15) is 0 Å². The van der Waals surface area contributed by atoms with Crippen molar-refractivity contribution in [3.05, 3.63) is 88.4 Å². The van der Waals surface area contributed by atoms with Gasteiger partial charge in [0.05, 0.1) is 16.0 Å². The van der Waals surface area contributed by atoms with Crippen molar-refractivity contribution in [1.29, 1.82) is 0 Å². The van der Waals surface area contributed by atoms with Crippen molar-refractivity contribution in [1.82, 2.24) is 5.32 Å². The number of hydrogen-bond donors (Lipinski definition) is 2. The molecule has 4 rings (SSSR count). The standard InChI is InChI=1S/C26H23Cl2N3O4/c27-22-11-6-19(13-23(22)28)30-24(32)16-35-21-9-7-20(8-10-21)31-15-18(12-25(31)33)26(34)29-14-17-4-2-1-3-5-17/h1-11,13,18H,12,14-16H2,(H,29,34)(H,30,32)/t18-/m0/s1. The summed E-state index contributed by atoms with van der Waals surface area (Å²) in [6.45, 7) is 0.534. The summed E-state index contributed by atoms with van der Waals surface area (Å²) >= 11 is 11.8. The topological polar surface area (TPSA) is 87.7 Å². The van der Waals surface area contributed by atoms with Crippen LogP contribution in [0.5, 0.6) is 5.75 Å². The lowest BCUT2D eigenvalue weighted by Crippen LogP contribution is -2.32. The van der Waals surface area contributed by atoms with Crippen LogP contribution in [0.2, 0.25) is 10.0 Å². The second kappa shape index (κ2) is 11.3. The van der Waals surface area contributed by atoms with Crippen LogP contribution >= 0.6 is 23.2 Å². The van der Waals surface area contributed by atoms with E-state index in [-0.39, 0.29) is 30.7 Å². The molecule has 35 heavy (non-hydrogen) atoms. The van der Waals surface area contributed by atoms with Gasteiger partial charge in [0, 0.05) is 30.9 Å². The van der Waals surface area contributed by atoms with Crippen molar-refractivity contribution in [2.45, 2.75) is 13.0 Å². The Hall–Kier alpha value is -3.55. The third kappa shape index (κ3) is 6.53. The number of hydrogen-bond acceptors (Lipinski definition) is 4. The molecule has 7 nitrogen and oxygen atoms in total. The zero-order valence-electron chi connectivity index (χ0n) is 18.7. The van der Waals surface area contributed by atoms with Crippen LogP contribution in [-0.4, -0.2) is 30.9 Å². The quantitative estimate of drug-likeness (QED) is 0.459. The average Bonchev–Trinajstić information content (AvgIpc) is 3.26. The Morgan fingerprint density at radius 1 is 0.971 bits per heavy atom. The summed E-state index contributed by atoms with van der Waals surface area (Å²) in [5.41, 5.74) is 2.18. The van der Waals surface area contributed by atoms with Crippen molar-refractivity contribution >= 4 is 52.3 Å². The second-order valence-electron chi connectivity index (χ2n) is 8.07. The van der Waals surface area contributed by atoms with Crippen LogP contribution in [0.3, 0.4) is 0 Å². The molecule has 1 aliphatic heterocycles. The molecule has 0 radical (unpaired) electrons. The summed E-state index contributed by atoms with van der Waals surface area (Å²) in [5, 5.41) is 6.32. The molecule has 3 aromatic carbocycles. The summed E-state index contributed by atoms with van der Waals surface area (Å²) in [5.74, 6) is -0.544. The average molecular weight is 512 g/mol. The van der Waals surface area contributed by atoms with Gasteiger partial charge in [-0.05, 0) is 48.0 Å². The number of halogens is 2. The third-order valence-electron chi connectivity index (χ3n) is 5.53. The van der Waals surface area contributed by atoms with Crippen LogP contribution in [0.25, 0.3) is 0 Å². The first kappa shape index (κ1) is 24.6. The Kier molecular flexibility index (Phi) is 7.90. The fourth-order valence-corrected chi connectivity index (χ4v) is 4.00. The molecule has 180 valence electrons. The molecule has 0 aromatic heterocycles. The predicted molar refractivity (Wildman–Crippen MR) is 136 cm³/mol. The van der Waals surface area contributed by atoms with Gasteiger partial charge in [0.15, 0.2) is 6.61 Å². The highest BCUT2D eigenvalue weighted by Gasteiger charge is 2.35. The van der Waals surface area contributed by atoms with Gasteiger partial charge in [0.1, 0.15) is 5.75 Å². The number of ether oxygens (including phenoxy) is 1. The molecule has 1 fully saturated rings.